The van der Waals surface area contributed by atoms with Crippen LogP contribution < -0.4 is 0 Å². The molecule has 0 bridgehead atoms. The third kappa shape index (κ3) is 4.10. The van der Waals surface area contributed by atoms with Gasteiger partial charge in [0.25, 0.3) is 0 Å². The summed E-state index contributed by atoms with van der Waals surface area (Å²) in [6.45, 7) is 3.21. The van der Waals surface area contributed by atoms with E-state index in [1.165, 1.54) is 6.07 Å². The first kappa shape index (κ1) is 15.1. The predicted octanol–water partition coefficient (Wildman–Crippen LogP) is 3.15. The lowest BCUT2D eigenvalue weighted by Gasteiger charge is -2.18. The van der Waals surface area contributed by atoms with Gasteiger partial charge in [0.1, 0.15) is 5.82 Å². The summed E-state index contributed by atoms with van der Waals surface area (Å²) in [5.74, 6) is -0.266. The maximum Gasteiger partial charge on any atom is 0.126 e. The molecule has 1 atom stereocenters. The first-order chi connectivity index (χ1) is 9.56. The zero-order valence-corrected chi connectivity index (χ0v) is 12.5. The number of rotatable bonds is 6. The minimum atomic E-state index is -0.636. The number of aromatic nitrogens is 1. The molecule has 5 heteroatoms. The van der Waals surface area contributed by atoms with Crippen molar-refractivity contribution in [2.24, 2.45) is 0 Å². The van der Waals surface area contributed by atoms with Crippen LogP contribution in [0.15, 0.2) is 29.1 Å². The molecule has 0 saturated carbocycles. The summed E-state index contributed by atoms with van der Waals surface area (Å²) >= 11 is 1.58. The summed E-state index contributed by atoms with van der Waals surface area (Å²) in [5, 5.41) is 12.1. The Kier molecular flexibility index (Phi) is 5.23. The van der Waals surface area contributed by atoms with Crippen molar-refractivity contribution in [3.63, 3.8) is 0 Å². The Morgan fingerprint density at radius 2 is 2.25 bits per heavy atom. The maximum absolute atomic E-state index is 13.5. The minimum absolute atomic E-state index is 0.266. The summed E-state index contributed by atoms with van der Waals surface area (Å²) < 4.78 is 13.5. The number of nitrogens with zero attached hydrogens (tertiary/aromatic N) is 2. The molecule has 3 nitrogen and oxygen atoms in total. The lowest BCUT2D eigenvalue weighted by molar-refractivity contribution is 0.147. The van der Waals surface area contributed by atoms with E-state index in [1.54, 1.807) is 30.4 Å². The van der Waals surface area contributed by atoms with Gasteiger partial charge < -0.3 is 10.0 Å². The van der Waals surface area contributed by atoms with E-state index in [1.807, 2.05) is 17.9 Å². The standard InChI is InChI=1S/C15H19FN2OS/c1-11-3-4-12(7-14(11)16)15(19)5-6-18(2)8-13-9-20-10-17-13/h3-4,7,9-10,15,19H,5-6,8H2,1-2H3. The molecule has 0 saturated heterocycles. The first-order valence-electron chi connectivity index (χ1n) is 6.56. The third-order valence-corrected chi connectivity index (χ3v) is 3.92. The molecule has 108 valence electrons. The number of aliphatic hydroxyl groups excluding tert-OH is 1. The van der Waals surface area contributed by atoms with E-state index in [2.05, 4.69) is 9.88 Å². The molecule has 0 aliphatic heterocycles. The number of benzene rings is 1. The molecule has 0 amide bonds. The Hall–Kier alpha value is -1.30. The highest BCUT2D eigenvalue weighted by Crippen LogP contribution is 2.19. The molecular formula is C15H19FN2OS. The molecule has 0 aliphatic carbocycles. The van der Waals surface area contributed by atoms with Gasteiger partial charge in [0.2, 0.25) is 0 Å². The van der Waals surface area contributed by atoms with Crippen LogP contribution in [0.4, 0.5) is 4.39 Å². The highest BCUT2D eigenvalue weighted by Gasteiger charge is 2.11. The Morgan fingerprint density at radius 3 is 2.90 bits per heavy atom. The molecule has 1 N–H and O–H groups in total. The topological polar surface area (TPSA) is 36.4 Å². The monoisotopic (exact) mass is 294 g/mol. The lowest BCUT2D eigenvalue weighted by atomic mass is 10.0. The fourth-order valence-corrected chi connectivity index (χ4v) is 2.55. The van der Waals surface area contributed by atoms with Crippen LogP contribution in [0, 0.1) is 12.7 Å². The van der Waals surface area contributed by atoms with Gasteiger partial charge in [-0.3, -0.25) is 0 Å². The van der Waals surface area contributed by atoms with E-state index < -0.39 is 6.10 Å². The van der Waals surface area contributed by atoms with Gasteiger partial charge in [0, 0.05) is 18.5 Å². The average molecular weight is 294 g/mol. The number of thiazole rings is 1. The molecule has 0 aliphatic rings. The Labute approximate surface area is 122 Å². The van der Waals surface area contributed by atoms with Crippen LogP contribution >= 0.6 is 11.3 Å². The molecular weight excluding hydrogens is 275 g/mol. The molecule has 20 heavy (non-hydrogen) atoms. The summed E-state index contributed by atoms with van der Waals surface area (Å²) in [5.41, 5.74) is 4.08. The third-order valence-electron chi connectivity index (χ3n) is 3.28. The number of hydrogen-bond donors (Lipinski definition) is 1. The summed E-state index contributed by atoms with van der Waals surface area (Å²) in [6.07, 6.45) is -0.0636. The quantitative estimate of drug-likeness (QED) is 0.889. The van der Waals surface area contributed by atoms with Gasteiger partial charge in [-0.15, -0.1) is 11.3 Å². The van der Waals surface area contributed by atoms with Gasteiger partial charge in [0.15, 0.2) is 0 Å². The highest BCUT2D eigenvalue weighted by molar-refractivity contribution is 7.07. The van der Waals surface area contributed by atoms with E-state index in [0.29, 0.717) is 17.5 Å². The normalized spacial score (nSPS) is 12.8. The fraction of sp³-hybridized carbons (Fsp3) is 0.400. The average Bonchev–Trinajstić information content (AvgIpc) is 2.92. The minimum Gasteiger partial charge on any atom is -0.388 e. The van der Waals surface area contributed by atoms with Crippen LogP contribution in [-0.2, 0) is 6.54 Å². The molecule has 2 rings (SSSR count). The number of aryl methyl sites for hydroxylation is 1. The van der Waals surface area contributed by atoms with Crippen molar-refractivity contribution >= 4 is 11.3 Å². The first-order valence-corrected chi connectivity index (χ1v) is 7.50. The second-order valence-corrected chi connectivity index (χ2v) is 5.75. The van der Waals surface area contributed by atoms with Crippen LogP contribution in [0.1, 0.15) is 29.3 Å². The molecule has 1 unspecified atom stereocenters. The largest absolute Gasteiger partial charge is 0.388 e. The van der Waals surface area contributed by atoms with Crippen LogP contribution in [0.5, 0.6) is 0 Å². The van der Waals surface area contributed by atoms with Crippen molar-refractivity contribution in [1.82, 2.24) is 9.88 Å². The van der Waals surface area contributed by atoms with Gasteiger partial charge in [-0.2, -0.15) is 0 Å². The van der Waals surface area contributed by atoms with Crippen LogP contribution in [0.2, 0.25) is 0 Å². The van der Waals surface area contributed by atoms with Crippen molar-refractivity contribution in [2.75, 3.05) is 13.6 Å². The summed E-state index contributed by atoms with van der Waals surface area (Å²) in [6, 6.07) is 4.90. The van der Waals surface area contributed by atoms with Crippen molar-refractivity contribution in [1.29, 1.82) is 0 Å². The SMILES string of the molecule is Cc1ccc(C(O)CCN(C)Cc2cscn2)cc1F. The molecule has 2 aromatic rings. The molecule has 0 fully saturated rings. The van der Waals surface area contributed by atoms with Crippen molar-refractivity contribution in [3.05, 3.63) is 51.7 Å². The van der Waals surface area contributed by atoms with Crippen molar-refractivity contribution in [2.45, 2.75) is 26.0 Å². The van der Waals surface area contributed by atoms with E-state index in [-0.39, 0.29) is 5.82 Å². The van der Waals surface area contributed by atoms with E-state index in [4.69, 9.17) is 0 Å². The molecule has 1 heterocycles. The predicted molar refractivity (Wildman–Crippen MR) is 79.2 cm³/mol. The van der Waals surface area contributed by atoms with Crippen molar-refractivity contribution < 1.29 is 9.50 Å². The maximum atomic E-state index is 13.5. The van der Waals surface area contributed by atoms with Crippen molar-refractivity contribution in [3.8, 4) is 0 Å². The van der Waals surface area contributed by atoms with Gasteiger partial charge >= 0.3 is 0 Å². The van der Waals surface area contributed by atoms with Gasteiger partial charge in [0.05, 0.1) is 17.3 Å². The zero-order valence-electron chi connectivity index (χ0n) is 11.7. The second kappa shape index (κ2) is 6.92. The van der Waals surface area contributed by atoms with Gasteiger partial charge in [-0.1, -0.05) is 12.1 Å². The lowest BCUT2D eigenvalue weighted by Crippen LogP contribution is -2.21. The van der Waals surface area contributed by atoms with Gasteiger partial charge in [-0.25, -0.2) is 9.37 Å². The number of aliphatic hydroxyl groups is 1. The number of halogens is 1. The molecule has 0 radical (unpaired) electrons. The molecule has 1 aromatic carbocycles. The smallest absolute Gasteiger partial charge is 0.126 e. The van der Waals surface area contributed by atoms with Crippen LogP contribution in [-0.4, -0.2) is 28.6 Å². The van der Waals surface area contributed by atoms with Crippen LogP contribution in [0.3, 0.4) is 0 Å². The Bertz CT molecular complexity index is 545. The Balaban J connectivity index is 1.85. The number of hydrogen-bond acceptors (Lipinski definition) is 4. The Morgan fingerprint density at radius 1 is 1.45 bits per heavy atom. The summed E-state index contributed by atoms with van der Waals surface area (Å²) in [4.78, 5) is 6.33. The molecule has 0 spiro atoms. The zero-order chi connectivity index (χ0) is 14.5. The van der Waals surface area contributed by atoms with Crippen LogP contribution in [0.25, 0.3) is 0 Å². The van der Waals surface area contributed by atoms with E-state index >= 15 is 0 Å². The molecule has 1 aromatic heterocycles. The second-order valence-electron chi connectivity index (χ2n) is 5.03. The highest BCUT2D eigenvalue weighted by atomic mass is 32.1. The fourth-order valence-electron chi connectivity index (χ4n) is 2.00. The summed E-state index contributed by atoms with van der Waals surface area (Å²) in [7, 11) is 1.99. The van der Waals surface area contributed by atoms with Gasteiger partial charge in [-0.05, 0) is 37.6 Å². The van der Waals surface area contributed by atoms with E-state index in [0.717, 1.165) is 18.8 Å². The van der Waals surface area contributed by atoms with E-state index in [9.17, 15) is 9.50 Å².